The number of piperazine rings is 1. The second-order valence-electron chi connectivity index (χ2n) is 6.52. The first-order valence-electron chi connectivity index (χ1n) is 8.87. The highest BCUT2D eigenvalue weighted by molar-refractivity contribution is 7.88. The maximum atomic E-state index is 13.9. The predicted molar refractivity (Wildman–Crippen MR) is 107 cm³/mol. The Hall–Kier alpha value is -1.67. The van der Waals surface area contributed by atoms with Crippen LogP contribution < -0.4 is 9.62 Å². The molecule has 1 aliphatic rings. The Balaban J connectivity index is 1.44. The molecule has 1 fully saturated rings. The maximum absolute atomic E-state index is 13.9. The molecule has 146 valence electrons. The minimum atomic E-state index is -3.44. The summed E-state index contributed by atoms with van der Waals surface area (Å²) in [6.45, 7) is 3.92. The number of sulfonamides is 1. The van der Waals surface area contributed by atoms with Crippen molar-refractivity contribution in [1.82, 2.24) is 9.62 Å². The monoisotopic (exact) mass is 411 g/mol. The van der Waals surface area contributed by atoms with E-state index in [9.17, 15) is 12.8 Å². The molecule has 0 radical (unpaired) electrons. The van der Waals surface area contributed by atoms with Crippen molar-refractivity contribution < 1.29 is 12.8 Å². The van der Waals surface area contributed by atoms with Crippen LogP contribution in [0.3, 0.4) is 0 Å². The van der Waals surface area contributed by atoms with E-state index >= 15 is 0 Å². The van der Waals surface area contributed by atoms with Crippen molar-refractivity contribution in [1.29, 1.82) is 0 Å². The van der Waals surface area contributed by atoms with Crippen LogP contribution in [0.5, 0.6) is 0 Å². The quantitative estimate of drug-likeness (QED) is 0.761. The summed E-state index contributed by atoms with van der Waals surface area (Å²) in [5.41, 5.74) is 1.21. The largest absolute Gasteiger partial charge is 0.367 e. The molecule has 0 aliphatic carbocycles. The molecular formula is C19H23ClFN3O2S. The van der Waals surface area contributed by atoms with Gasteiger partial charge in [-0.2, -0.15) is 0 Å². The van der Waals surface area contributed by atoms with Crippen LogP contribution in [0.4, 0.5) is 10.1 Å². The molecule has 3 rings (SSSR count). The Labute approximate surface area is 164 Å². The Morgan fingerprint density at radius 3 is 2.37 bits per heavy atom. The van der Waals surface area contributed by atoms with Crippen LogP contribution in [0, 0.1) is 5.82 Å². The Morgan fingerprint density at radius 1 is 1.00 bits per heavy atom. The van der Waals surface area contributed by atoms with E-state index in [0.29, 0.717) is 42.5 Å². The summed E-state index contributed by atoms with van der Waals surface area (Å²) < 4.78 is 41.0. The van der Waals surface area contributed by atoms with Crippen LogP contribution in [0.25, 0.3) is 0 Å². The lowest BCUT2D eigenvalue weighted by molar-refractivity contribution is 0.261. The number of nitrogens with zero attached hydrogens (tertiary/aromatic N) is 2. The summed E-state index contributed by atoms with van der Waals surface area (Å²) in [7, 11) is -3.44. The number of rotatable bonds is 7. The molecule has 0 spiro atoms. The van der Waals surface area contributed by atoms with Crippen molar-refractivity contribution in [2.75, 3.05) is 44.2 Å². The van der Waals surface area contributed by atoms with Gasteiger partial charge in [0.05, 0.1) is 11.4 Å². The van der Waals surface area contributed by atoms with Crippen molar-refractivity contribution >= 4 is 27.3 Å². The molecule has 27 heavy (non-hydrogen) atoms. The van der Waals surface area contributed by atoms with Gasteiger partial charge in [-0.15, -0.1) is 0 Å². The molecule has 1 heterocycles. The average molecular weight is 412 g/mol. The van der Waals surface area contributed by atoms with Crippen LogP contribution >= 0.6 is 11.6 Å². The number of benzene rings is 2. The Morgan fingerprint density at radius 2 is 1.67 bits per heavy atom. The summed E-state index contributed by atoms with van der Waals surface area (Å²) in [5, 5.41) is 0.451. The zero-order chi connectivity index (χ0) is 19.3. The van der Waals surface area contributed by atoms with E-state index in [2.05, 4.69) is 9.62 Å². The van der Waals surface area contributed by atoms with Crippen LogP contribution in [-0.2, 0) is 15.8 Å². The van der Waals surface area contributed by atoms with E-state index in [1.807, 2.05) is 11.0 Å². The van der Waals surface area contributed by atoms with Crippen LogP contribution in [-0.4, -0.2) is 52.6 Å². The van der Waals surface area contributed by atoms with Gasteiger partial charge in [0.15, 0.2) is 0 Å². The van der Waals surface area contributed by atoms with Crippen LogP contribution in [0.1, 0.15) is 5.56 Å². The first-order chi connectivity index (χ1) is 12.9. The van der Waals surface area contributed by atoms with Gasteiger partial charge in [0.2, 0.25) is 10.0 Å². The lowest BCUT2D eigenvalue weighted by Crippen LogP contribution is -2.48. The topological polar surface area (TPSA) is 52.7 Å². The molecule has 2 aromatic rings. The molecule has 5 nitrogen and oxygen atoms in total. The van der Waals surface area contributed by atoms with Crippen molar-refractivity contribution in [3.05, 3.63) is 64.9 Å². The summed E-state index contributed by atoms with van der Waals surface area (Å²) >= 11 is 6.03. The third-order valence-electron chi connectivity index (χ3n) is 4.62. The minimum Gasteiger partial charge on any atom is -0.367 e. The molecule has 1 saturated heterocycles. The average Bonchev–Trinajstić information content (AvgIpc) is 2.64. The normalized spacial score (nSPS) is 15.9. The van der Waals surface area contributed by atoms with E-state index in [1.165, 1.54) is 6.07 Å². The highest BCUT2D eigenvalue weighted by Crippen LogP contribution is 2.20. The van der Waals surface area contributed by atoms with E-state index in [-0.39, 0.29) is 11.6 Å². The first-order valence-corrected chi connectivity index (χ1v) is 10.9. The third-order valence-corrected chi connectivity index (χ3v) is 6.32. The predicted octanol–water partition coefficient (Wildman–Crippen LogP) is 2.72. The Bertz CT molecular complexity index is 871. The van der Waals surface area contributed by atoms with E-state index in [0.717, 1.165) is 13.1 Å². The first kappa shape index (κ1) is 20.1. The van der Waals surface area contributed by atoms with Gasteiger partial charge in [-0.1, -0.05) is 41.9 Å². The smallest absolute Gasteiger partial charge is 0.215 e. The molecule has 0 unspecified atom stereocenters. The van der Waals surface area contributed by atoms with Crippen molar-refractivity contribution in [3.8, 4) is 0 Å². The van der Waals surface area contributed by atoms with E-state index in [1.54, 1.807) is 36.4 Å². The summed E-state index contributed by atoms with van der Waals surface area (Å²) in [4.78, 5) is 4.20. The second-order valence-corrected chi connectivity index (χ2v) is 8.74. The summed E-state index contributed by atoms with van der Waals surface area (Å²) in [6.07, 6.45) is 0. The number of hydrogen-bond donors (Lipinski definition) is 1. The van der Waals surface area contributed by atoms with Crippen molar-refractivity contribution in [2.45, 2.75) is 5.75 Å². The van der Waals surface area contributed by atoms with E-state index < -0.39 is 10.0 Å². The lowest BCUT2D eigenvalue weighted by Gasteiger charge is -2.36. The van der Waals surface area contributed by atoms with Crippen molar-refractivity contribution in [2.24, 2.45) is 0 Å². The number of anilines is 1. The molecule has 0 bridgehead atoms. The van der Waals surface area contributed by atoms with Gasteiger partial charge in [-0.3, -0.25) is 4.90 Å². The van der Waals surface area contributed by atoms with Crippen molar-refractivity contribution in [3.63, 3.8) is 0 Å². The van der Waals surface area contributed by atoms with Crippen LogP contribution in [0.15, 0.2) is 48.5 Å². The zero-order valence-electron chi connectivity index (χ0n) is 14.9. The zero-order valence-corrected chi connectivity index (χ0v) is 16.5. The molecule has 0 aromatic heterocycles. The number of hydrogen-bond acceptors (Lipinski definition) is 4. The van der Waals surface area contributed by atoms with Gasteiger partial charge in [-0.05, 0) is 23.8 Å². The third kappa shape index (κ3) is 5.65. The Kier molecular flexibility index (Phi) is 6.70. The lowest BCUT2D eigenvalue weighted by atomic mass is 10.2. The molecular weight excluding hydrogens is 389 g/mol. The van der Waals surface area contributed by atoms with Gasteiger partial charge in [-0.25, -0.2) is 17.5 Å². The molecule has 0 saturated carbocycles. The number of halogens is 2. The van der Waals surface area contributed by atoms with Gasteiger partial charge in [0.25, 0.3) is 0 Å². The van der Waals surface area contributed by atoms with Gasteiger partial charge >= 0.3 is 0 Å². The molecule has 1 N–H and O–H groups in total. The highest BCUT2D eigenvalue weighted by atomic mass is 35.5. The standard InChI is InChI=1S/C19H23ClFN3O2S/c20-17-6-2-1-5-16(17)15-27(25,26)22-9-10-23-11-13-24(14-12-23)19-8-4-3-7-18(19)21/h1-8,22H,9-15H2. The molecule has 2 aromatic carbocycles. The maximum Gasteiger partial charge on any atom is 0.215 e. The SMILES string of the molecule is O=S(=O)(Cc1ccccc1Cl)NCCN1CCN(c2ccccc2F)CC1. The van der Waals surface area contributed by atoms with Crippen LogP contribution in [0.2, 0.25) is 5.02 Å². The molecule has 0 atom stereocenters. The fraction of sp³-hybridized carbons (Fsp3) is 0.368. The summed E-state index contributed by atoms with van der Waals surface area (Å²) in [6, 6.07) is 13.7. The van der Waals surface area contributed by atoms with Gasteiger partial charge in [0, 0.05) is 44.3 Å². The molecule has 8 heteroatoms. The molecule has 0 amide bonds. The molecule has 1 aliphatic heterocycles. The fourth-order valence-electron chi connectivity index (χ4n) is 3.15. The number of para-hydroxylation sites is 1. The fourth-order valence-corrected chi connectivity index (χ4v) is 4.60. The van der Waals surface area contributed by atoms with Gasteiger partial charge < -0.3 is 4.90 Å². The highest BCUT2D eigenvalue weighted by Gasteiger charge is 2.20. The minimum absolute atomic E-state index is 0.131. The number of nitrogens with one attached hydrogen (secondary N) is 1. The summed E-state index contributed by atoms with van der Waals surface area (Å²) in [5.74, 6) is -0.341. The second kappa shape index (κ2) is 9.01. The van der Waals surface area contributed by atoms with E-state index in [4.69, 9.17) is 11.6 Å². The van der Waals surface area contributed by atoms with Gasteiger partial charge in [0.1, 0.15) is 5.82 Å².